The molecule has 22 heavy (non-hydrogen) atoms. The molecule has 0 aliphatic heterocycles. The lowest BCUT2D eigenvalue weighted by atomic mass is 9.86. The highest BCUT2D eigenvalue weighted by Crippen LogP contribution is 2.26. The Hall–Kier alpha value is -0.830. The summed E-state index contributed by atoms with van der Waals surface area (Å²) < 4.78 is 0.984. The molecule has 1 aromatic rings. The summed E-state index contributed by atoms with van der Waals surface area (Å²) in [5.74, 6) is 1.08. The van der Waals surface area contributed by atoms with Crippen LogP contribution in [0.25, 0.3) is 0 Å². The SMILES string of the molecule is I.NC(=NCC1CCC1)NCCC(=O)Nc1ccc(Br)cc1. The molecule has 0 spiro atoms. The van der Waals surface area contributed by atoms with Gasteiger partial charge in [0.15, 0.2) is 5.96 Å². The number of nitrogens with one attached hydrogen (secondary N) is 2. The Morgan fingerprint density at radius 1 is 1.32 bits per heavy atom. The maximum absolute atomic E-state index is 11.8. The maximum atomic E-state index is 11.8. The van der Waals surface area contributed by atoms with E-state index in [4.69, 9.17) is 5.73 Å². The number of nitrogens with two attached hydrogens (primary N) is 1. The number of carbonyl (C=O) groups is 1. The van der Waals surface area contributed by atoms with Crippen molar-refractivity contribution in [1.29, 1.82) is 0 Å². The van der Waals surface area contributed by atoms with Crippen molar-refractivity contribution in [2.75, 3.05) is 18.4 Å². The van der Waals surface area contributed by atoms with E-state index in [2.05, 4.69) is 31.6 Å². The number of hydrogen-bond acceptors (Lipinski definition) is 2. The molecule has 0 heterocycles. The van der Waals surface area contributed by atoms with E-state index in [1.807, 2.05) is 24.3 Å². The molecule has 0 radical (unpaired) electrons. The van der Waals surface area contributed by atoms with Crippen LogP contribution in [0.4, 0.5) is 5.69 Å². The first-order valence-corrected chi connectivity index (χ1v) is 8.02. The van der Waals surface area contributed by atoms with Crippen LogP contribution >= 0.6 is 39.9 Å². The first kappa shape index (κ1) is 19.2. The first-order valence-electron chi connectivity index (χ1n) is 7.22. The van der Waals surface area contributed by atoms with Crippen molar-refractivity contribution < 1.29 is 4.79 Å². The average molecular weight is 481 g/mol. The fraction of sp³-hybridized carbons (Fsp3) is 0.467. The lowest BCUT2D eigenvalue weighted by Crippen LogP contribution is -2.34. The van der Waals surface area contributed by atoms with Gasteiger partial charge in [-0.2, -0.15) is 0 Å². The maximum Gasteiger partial charge on any atom is 0.226 e. The quantitative estimate of drug-likeness (QED) is 0.332. The van der Waals surface area contributed by atoms with Gasteiger partial charge in [0.1, 0.15) is 0 Å². The summed E-state index contributed by atoms with van der Waals surface area (Å²) in [6, 6.07) is 7.48. The number of halogens is 2. The van der Waals surface area contributed by atoms with Crippen molar-refractivity contribution in [3.8, 4) is 0 Å². The molecule has 1 fully saturated rings. The molecule has 0 aromatic heterocycles. The smallest absolute Gasteiger partial charge is 0.226 e. The third kappa shape index (κ3) is 6.95. The van der Waals surface area contributed by atoms with E-state index >= 15 is 0 Å². The molecule has 1 saturated carbocycles. The number of aliphatic imine (C=N–C) groups is 1. The molecule has 1 aliphatic rings. The molecule has 1 aliphatic carbocycles. The number of benzene rings is 1. The van der Waals surface area contributed by atoms with E-state index in [-0.39, 0.29) is 29.9 Å². The standard InChI is InChI=1S/C15H21BrN4O.HI/c16-12-4-6-13(7-5-12)20-14(21)8-9-18-15(17)19-10-11-2-1-3-11;/h4-7,11H,1-3,8-10H2,(H,20,21)(H3,17,18,19);1H. The van der Waals surface area contributed by atoms with Crippen LogP contribution in [0.2, 0.25) is 0 Å². The Balaban J connectivity index is 0.00000242. The fourth-order valence-corrected chi connectivity index (χ4v) is 2.28. The van der Waals surface area contributed by atoms with Crippen molar-refractivity contribution in [3.05, 3.63) is 28.7 Å². The molecule has 0 bridgehead atoms. The zero-order chi connectivity index (χ0) is 15.1. The predicted octanol–water partition coefficient (Wildman–Crippen LogP) is 3.10. The van der Waals surface area contributed by atoms with Gasteiger partial charge in [0.2, 0.25) is 5.91 Å². The van der Waals surface area contributed by atoms with Crippen LogP contribution in [0.3, 0.4) is 0 Å². The van der Waals surface area contributed by atoms with Gasteiger partial charge in [-0.3, -0.25) is 9.79 Å². The number of rotatable bonds is 6. The normalized spacial score (nSPS) is 14.7. The summed E-state index contributed by atoms with van der Waals surface area (Å²) >= 11 is 3.35. The molecule has 5 nitrogen and oxygen atoms in total. The summed E-state index contributed by atoms with van der Waals surface area (Å²) in [5.41, 5.74) is 6.55. The van der Waals surface area contributed by atoms with Gasteiger partial charge < -0.3 is 16.4 Å². The average Bonchev–Trinajstić information content (AvgIpc) is 2.39. The highest BCUT2D eigenvalue weighted by Gasteiger charge is 2.16. The van der Waals surface area contributed by atoms with E-state index in [1.54, 1.807) is 0 Å². The largest absolute Gasteiger partial charge is 0.370 e. The van der Waals surface area contributed by atoms with Crippen molar-refractivity contribution in [3.63, 3.8) is 0 Å². The zero-order valence-electron chi connectivity index (χ0n) is 12.3. The van der Waals surface area contributed by atoms with E-state index < -0.39 is 0 Å². The Kier molecular flexibility index (Phi) is 8.77. The molecule has 0 unspecified atom stereocenters. The first-order chi connectivity index (χ1) is 10.1. The summed E-state index contributed by atoms with van der Waals surface area (Å²) in [7, 11) is 0. The van der Waals surface area contributed by atoms with Gasteiger partial charge in [-0.15, -0.1) is 24.0 Å². The highest BCUT2D eigenvalue weighted by atomic mass is 127. The van der Waals surface area contributed by atoms with Gasteiger partial charge in [-0.25, -0.2) is 0 Å². The minimum absolute atomic E-state index is 0. The number of guanidine groups is 1. The van der Waals surface area contributed by atoms with Crippen LogP contribution in [-0.4, -0.2) is 25.0 Å². The van der Waals surface area contributed by atoms with E-state index in [0.717, 1.165) is 16.7 Å². The molecule has 0 atom stereocenters. The van der Waals surface area contributed by atoms with Crippen LogP contribution in [0, 0.1) is 5.92 Å². The summed E-state index contributed by atoms with van der Waals surface area (Å²) in [6.07, 6.45) is 4.18. The molecule has 7 heteroatoms. The highest BCUT2D eigenvalue weighted by molar-refractivity contribution is 14.0. The van der Waals surface area contributed by atoms with Gasteiger partial charge in [0, 0.05) is 29.7 Å². The minimum atomic E-state index is -0.0448. The van der Waals surface area contributed by atoms with Crippen molar-refractivity contribution in [2.45, 2.75) is 25.7 Å². The molecule has 122 valence electrons. The van der Waals surface area contributed by atoms with Gasteiger partial charge in [-0.1, -0.05) is 22.4 Å². The Bertz CT molecular complexity index is 503. The second kappa shape index (κ2) is 10.0. The monoisotopic (exact) mass is 480 g/mol. The zero-order valence-corrected chi connectivity index (χ0v) is 16.3. The Morgan fingerprint density at radius 2 is 2.00 bits per heavy atom. The summed E-state index contributed by atoms with van der Waals surface area (Å²) in [6.45, 7) is 1.28. The molecule has 1 amide bonds. The molecular formula is C15H22BrIN4O. The predicted molar refractivity (Wildman–Crippen MR) is 105 cm³/mol. The van der Waals surface area contributed by atoms with Crippen molar-refractivity contribution in [2.24, 2.45) is 16.6 Å². The lowest BCUT2D eigenvalue weighted by Gasteiger charge is -2.23. The molecule has 4 N–H and O–H groups in total. The third-order valence-corrected chi connectivity index (χ3v) is 4.06. The lowest BCUT2D eigenvalue weighted by molar-refractivity contribution is -0.116. The van der Waals surface area contributed by atoms with Gasteiger partial charge >= 0.3 is 0 Å². The van der Waals surface area contributed by atoms with Gasteiger partial charge in [0.25, 0.3) is 0 Å². The number of hydrogen-bond donors (Lipinski definition) is 3. The number of nitrogens with zero attached hydrogens (tertiary/aromatic N) is 1. The Morgan fingerprint density at radius 3 is 2.59 bits per heavy atom. The van der Waals surface area contributed by atoms with E-state index in [0.29, 0.717) is 24.8 Å². The minimum Gasteiger partial charge on any atom is -0.370 e. The molecule has 1 aromatic carbocycles. The van der Waals surface area contributed by atoms with E-state index in [9.17, 15) is 4.79 Å². The topological polar surface area (TPSA) is 79.5 Å². The third-order valence-electron chi connectivity index (χ3n) is 3.53. The fourth-order valence-electron chi connectivity index (χ4n) is 2.02. The molecule has 2 rings (SSSR count). The number of anilines is 1. The van der Waals surface area contributed by atoms with Crippen LogP contribution in [-0.2, 0) is 4.79 Å². The number of carbonyl (C=O) groups excluding carboxylic acids is 1. The Labute approximate surface area is 156 Å². The summed E-state index contributed by atoms with van der Waals surface area (Å²) in [4.78, 5) is 16.0. The van der Waals surface area contributed by atoms with E-state index in [1.165, 1.54) is 19.3 Å². The molecule has 0 saturated heterocycles. The summed E-state index contributed by atoms with van der Waals surface area (Å²) in [5, 5.41) is 5.80. The van der Waals surface area contributed by atoms with Crippen molar-refractivity contribution in [1.82, 2.24) is 5.32 Å². The van der Waals surface area contributed by atoms with Crippen LogP contribution in [0.1, 0.15) is 25.7 Å². The van der Waals surface area contributed by atoms with Crippen LogP contribution in [0.15, 0.2) is 33.7 Å². The van der Waals surface area contributed by atoms with Crippen molar-refractivity contribution >= 4 is 57.5 Å². The second-order valence-electron chi connectivity index (χ2n) is 5.25. The van der Waals surface area contributed by atoms with Gasteiger partial charge in [0.05, 0.1) is 0 Å². The van der Waals surface area contributed by atoms with Crippen LogP contribution < -0.4 is 16.4 Å². The second-order valence-corrected chi connectivity index (χ2v) is 6.17. The van der Waals surface area contributed by atoms with Crippen LogP contribution in [0.5, 0.6) is 0 Å². The number of amides is 1. The molecular weight excluding hydrogens is 459 g/mol. The van der Waals surface area contributed by atoms with Gasteiger partial charge in [-0.05, 0) is 43.0 Å².